The van der Waals surface area contributed by atoms with Crippen LogP contribution in [0.1, 0.15) is 12.8 Å². The first kappa shape index (κ1) is 7.52. The quantitative estimate of drug-likeness (QED) is 0.533. The van der Waals surface area contributed by atoms with E-state index < -0.39 is 0 Å². The lowest BCUT2D eigenvalue weighted by atomic mass is 9.93. The maximum atomic E-state index is 9.29. The van der Waals surface area contributed by atoms with Gasteiger partial charge in [-0.1, -0.05) is 0 Å². The van der Waals surface area contributed by atoms with Crippen LogP contribution in [0.15, 0.2) is 0 Å². The van der Waals surface area contributed by atoms with Gasteiger partial charge in [-0.2, -0.15) is 5.26 Å². The maximum absolute atomic E-state index is 9.29. The molecule has 2 atom stereocenters. The van der Waals surface area contributed by atoms with E-state index in [-0.39, 0.29) is 12.0 Å². The molecule has 1 fully saturated rings. The number of aliphatic hydroxyl groups excluding tert-OH is 1. The lowest BCUT2D eigenvalue weighted by Gasteiger charge is -2.26. The minimum Gasteiger partial charge on any atom is -0.391 e. The summed E-state index contributed by atoms with van der Waals surface area (Å²) >= 11 is 0. The lowest BCUT2D eigenvalue weighted by molar-refractivity contribution is 0.0842. The Bertz CT molecular complexity index is 141. The van der Waals surface area contributed by atoms with Gasteiger partial charge in [-0.05, 0) is 13.0 Å². The topological polar surface area (TPSA) is 56.0 Å². The van der Waals surface area contributed by atoms with Gasteiger partial charge in [-0.15, -0.1) is 0 Å². The highest BCUT2D eigenvalue weighted by Gasteiger charge is 2.21. The number of aliphatic hydroxyl groups is 1. The van der Waals surface area contributed by atoms with Crippen LogP contribution in [-0.4, -0.2) is 24.3 Å². The fourth-order valence-corrected chi connectivity index (χ4v) is 1.25. The second kappa shape index (κ2) is 3.55. The summed E-state index contributed by atoms with van der Waals surface area (Å²) in [6.45, 7) is 1.58. The van der Waals surface area contributed by atoms with Crippen LogP contribution in [0.2, 0.25) is 0 Å². The molecule has 2 unspecified atom stereocenters. The molecule has 0 saturated carbocycles. The van der Waals surface area contributed by atoms with Crippen molar-refractivity contribution in [2.24, 2.45) is 5.92 Å². The van der Waals surface area contributed by atoms with Gasteiger partial charge in [0.1, 0.15) is 0 Å². The molecule has 0 aromatic heterocycles. The van der Waals surface area contributed by atoms with Crippen molar-refractivity contribution in [3.05, 3.63) is 0 Å². The van der Waals surface area contributed by atoms with Gasteiger partial charge in [0.05, 0.1) is 12.2 Å². The van der Waals surface area contributed by atoms with Crippen LogP contribution in [0.25, 0.3) is 0 Å². The van der Waals surface area contributed by atoms with Gasteiger partial charge in [-0.3, -0.25) is 0 Å². The molecule has 1 heterocycles. The van der Waals surface area contributed by atoms with E-state index in [0.29, 0.717) is 13.0 Å². The molecule has 1 aliphatic heterocycles. The van der Waals surface area contributed by atoms with Gasteiger partial charge in [0.15, 0.2) is 0 Å². The van der Waals surface area contributed by atoms with Gasteiger partial charge >= 0.3 is 0 Å². The van der Waals surface area contributed by atoms with Gasteiger partial charge in [0, 0.05) is 18.9 Å². The number of piperidine rings is 1. The van der Waals surface area contributed by atoms with E-state index in [0.717, 1.165) is 13.0 Å². The van der Waals surface area contributed by atoms with Crippen LogP contribution >= 0.6 is 0 Å². The molecular weight excluding hydrogens is 128 g/mol. The van der Waals surface area contributed by atoms with Crippen molar-refractivity contribution in [2.45, 2.75) is 18.9 Å². The Morgan fingerprint density at radius 3 is 3.10 bits per heavy atom. The van der Waals surface area contributed by atoms with Crippen LogP contribution in [0, 0.1) is 17.2 Å². The predicted molar refractivity (Wildman–Crippen MR) is 37.2 cm³/mol. The second-order valence-electron chi connectivity index (χ2n) is 2.68. The zero-order valence-electron chi connectivity index (χ0n) is 5.88. The molecule has 1 saturated heterocycles. The third-order valence-electron chi connectivity index (χ3n) is 1.94. The molecule has 0 aromatic carbocycles. The molecule has 0 radical (unpaired) electrons. The number of nitrogens with zero attached hydrogens (tertiary/aromatic N) is 1. The number of hydrogen-bond acceptors (Lipinski definition) is 3. The Labute approximate surface area is 60.7 Å². The summed E-state index contributed by atoms with van der Waals surface area (Å²) in [7, 11) is 0. The number of nitriles is 1. The summed E-state index contributed by atoms with van der Waals surface area (Å²) in [5.41, 5.74) is 0. The Hall–Kier alpha value is -0.590. The second-order valence-corrected chi connectivity index (χ2v) is 2.68. The number of rotatable bonds is 1. The van der Waals surface area contributed by atoms with Crippen molar-refractivity contribution in [3.63, 3.8) is 0 Å². The van der Waals surface area contributed by atoms with Gasteiger partial charge in [0.2, 0.25) is 0 Å². The van der Waals surface area contributed by atoms with Gasteiger partial charge in [-0.25, -0.2) is 0 Å². The molecule has 0 spiro atoms. The van der Waals surface area contributed by atoms with Crippen molar-refractivity contribution in [3.8, 4) is 6.07 Å². The SMILES string of the molecule is N#CCC1CCNCC1O. The highest BCUT2D eigenvalue weighted by molar-refractivity contribution is 4.84. The summed E-state index contributed by atoms with van der Waals surface area (Å²) in [5.74, 6) is 0.200. The normalized spacial score (nSPS) is 33.2. The molecule has 0 amide bonds. The minimum atomic E-state index is -0.312. The minimum absolute atomic E-state index is 0.200. The molecule has 2 N–H and O–H groups in total. The summed E-state index contributed by atoms with van der Waals surface area (Å²) in [6.07, 6.45) is 1.10. The molecular formula is C7H12N2O. The van der Waals surface area contributed by atoms with Crippen molar-refractivity contribution in [1.82, 2.24) is 5.32 Å². The highest BCUT2D eigenvalue weighted by atomic mass is 16.3. The smallest absolute Gasteiger partial charge is 0.0703 e. The number of nitrogens with one attached hydrogen (secondary N) is 1. The average Bonchev–Trinajstić information content (AvgIpc) is 1.94. The molecule has 0 aromatic rings. The zero-order chi connectivity index (χ0) is 7.40. The van der Waals surface area contributed by atoms with E-state index in [1.807, 2.05) is 0 Å². The summed E-state index contributed by atoms with van der Waals surface area (Å²) in [4.78, 5) is 0. The molecule has 0 bridgehead atoms. The van der Waals surface area contributed by atoms with Crippen molar-refractivity contribution in [1.29, 1.82) is 5.26 Å². The predicted octanol–water partition coefficient (Wildman–Crippen LogP) is -0.130. The lowest BCUT2D eigenvalue weighted by Crippen LogP contribution is -2.40. The Kier molecular flexibility index (Phi) is 2.67. The highest BCUT2D eigenvalue weighted by Crippen LogP contribution is 2.15. The summed E-state index contributed by atoms with van der Waals surface area (Å²) < 4.78 is 0. The van der Waals surface area contributed by atoms with E-state index in [9.17, 15) is 5.11 Å². The molecule has 10 heavy (non-hydrogen) atoms. The summed E-state index contributed by atoms with van der Waals surface area (Å²) in [5, 5.41) is 20.7. The first-order valence-electron chi connectivity index (χ1n) is 3.60. The van der Waals surface area contributed by atoms with Crippen molar-refractivity contribution < 1.29 is 5.11 Å². The third-order valence-corrected chi connectivity index (χ3v) is 1.94. The molecule has 0 aliphatic carbocycles. The standard InChI is InChI=1S/C7H12N2O/c8-3-1-6-2-4-9-5-7(6)10/h6-7,9-10H,1-2,4-5H2. The van der Waals surface area contributed by atoms with Crippen molar-refractivity contribution in [2.75, 3.05) is 13.1 Å². The van der Waals surface area contributed by atoms with E-state index in [4.69, 9.17) is 5.26 Å². The molecule has 1 aliphatic rings. The molecule has 56 valence electrons. The Morgan fingerprint density at radius 1 is 1.70 bits per heavy atom. The fourth-order valence-electron chi connectivity index (χ4n) is 1.25. The Balaban J connectivity index is 2.34. The molecule has 3 heteroatoms. The largest absolute Gasteiger partial charge is 0.391 e. The van der Waals surface area contributed by atoms with Crippen LogP contribution < -0.4 is 5.32 Å². The number of hydrogen-bond donors (Lipinski definition) is 2. The van der Waals surface area contributed by atoms with Crippen LogP contribution in [0.3, 0.4) is 0 Å². The Morgan fingerprint density at radius 2 is 2.50 bits per heavy atom. The average molecular weight is 140 g/mol. The van der Waals surface area contributed by atoms with Crippen LogP contribution in [0.5, 0.6) is 0 Å². The van der Waals surface area contributed by atoms with Crippen LogP contribution in [-0.2, 0) is 0 Å². The first-order chi connectivity index (χ1) is 4.84. The summed E-state index contributed by atoms with van der Waals surface area (Å²) in [6, 6.07) is 2.08. The molecule has 1 rings (SSSR count). The third kappa shape index (κ3) is 1.69. The fraction of sp³-hybridized carbons (Fsp3) is 0.857. The number of β-amino-alcohol motifs (C(OH)–C–C–N with tert-alkyl or cyclic N) is 1. The van der Waals surface area contributed by atoms with Gasteiger partial charge in [0.25, 0.3) is 0 Å². The van der Waals surface area contributed by atoms with E-state index >= 15 is 0 Å². The van der Waals surface area contributed by atoms with E-state index in [2.05, 4.69) is 11.4 Å². The first-order valence-corrected chi connectivity index (χ1v) is 3.60. The van der Waals surface area contributed by atoms with Crippen LogP contribution in [0.4, 0.5) is 0 Å². The van der Waals surface area contributed by atoms with E-state index in [1.54, 1.807) is 0 Å². The molecule has 3 nitrogen and oxygen atoms in total. The van der Waals surface area contributed by atoms with Crippen molar-refractivity contribution >= 4 is 0 Å². The zero-order valence-corrected chi connectivity index (χ0v) is 5.88. The van der Waals surface area contributed by atoms with E-state index in [1.165, 1.54) is 0 Å². The van der Waals surface area contributed by atoms with Gasteiger partial charge < -0.3 is 10.4 Å². The maximum Gasteiger partial charge on any atom is 0.0703 e. The monoisotopic (exact) mass is 140 g/mol.